The van der Waals surface area contributed by atoms with Crippen molar-refractivity contribution in [1.29, 1.82) is 0 Å². The average molecular weight is 222 g/mol. The Balaban J connectivity index is 2.10. The van der Waals surface area contributed by atoms with Gasteiger partial charge in [-0.05, 0) is 35.0 Å². The molecule has 0 unspecified atom stereocenters. The van der Waals surface area contributed by atoms with Crippen molar-refractivity contribution in [3.05, 3.63) is 35.4 Å². The topological polar surface area (TPSA) is 52.8 Å². The summed E-state index contributed by atoms with van der Waals surface area (Å²) in [6, 6.07) is 4.70. The summed E-state index contributed by atoms with van der Waals surface area (Å²) in [7, 11) is 1.70. The minimum Gasteiger partial charge on any atom is -0.482 e. The predicted octanol–water partition coefficient (Wildman–Crippen LogP) is 1.24. The molecule has 0 aliphatic rings. The van der Waals surface area contributed by atoms with Crippen LogP contribution in [0.25, 0.3) is 0 Å². The number of halogens is 1. The van der Waals surface area contributed by atoms with Crippen LogP contribution >= 0.6 is 0 Å². The quantitative estimate of drug-likeness (QED) is 0.784. The Morgan fingerprint density at radius 1 is 1.44 bits per heavy atom. The van der Waals surface area contributed by atoms with Crippen molar-refractivity contribution >= 4 is 0 Å². The number of ether oxygens (including phenoxy) is 1. The highest BCUT2D eigenvalue weighted by molar-refractivity contribution is 5.29. The van der Waals surface area contributed by atoms with Crippen molar-refractivity contribution in [2.45, 2.75) is 13.5 Å². The van der Waals surface area contributed by atoms with Gasteiger partial charge in [0, 0.05) is 7.05 Å². The van der Waals surface area contributed by atoms with Crippen LogP contribution in [0.3, 0.4) is 0 Å². The molecule has 0 saturated carbocycles. The summed E-state index contributed by atoms with van der Waals surface area (Å²) in [5.41, 5.74) is 0.937. The zero-order valence-corrected chi connectivity index (χ0v) is 9.01. The Kier molecular flexibility index (Phi) is 2.80. The molecule has 0 N–H and O–H groups in total. The molecule has 0 amide bonds. The molecular weight excluding hydrogens is 211 g/mol. The van der Waals surface area contributed by atoms with Gasteiger partial charge in [-0.25, -0.2) is 9.07 Å². The Bertz CT molecular complexity index is 497. The van der Waals surface area contributed by atoms with Gasteiger partial charge in [-0.1, -0.05) is 6.07 Å². The van der Waals surface area contributed by atoms with Gasteiger partial charge in [0.1, 0.15) is 6.61 Å². The van der Waals surface area contributed by atoms with Crippen LogP contribution in [0.15, 0.2) is 18.2 Å². The highest BCUT2D eigenvalue weighted by Crippen LogP contribution is 2.19. The molecule has 2 aromatic rings. The third-order valence-corrected chi connectivity index (χ3v) is 2.15. The van der Waals surface area contributed by atoms with Gasteiger partial charge in [0.15, 0.2) is 17.4 Å². The van der Waals surface area contributed by atoms with Gasteiger partial charge in [-0.2, -0.15) is 0 Å². The molecule has 0 fully saturated rings. The van der Waals surface area contributed by atoms with Crippen LogP contribution in [0.1, 0.15) is 11.4 Å². The smallest absolute Gasteiger partial charge is 0.188 e. The van der Waals surface area contributed by atoms with E-state index in [1.165, 1.54) is 10.7 Å². The summed E-state index contributed by atoms with van der Waals surface area (Å²) in [4.78, 5) is 0. The Morgan fingerprint density at radius 3 is 2.94 bits per heavy atom. The number of hydrogen-bond donors (Lipinski definition) is 0. The maximum Gasteiger partial charge on any atom is 0.188 e. The summed E-state index contributed by atoms with van der Waals surface area (Å²) >= 11 is 0. The maximum atomic E-state index is 13.3. The van der Waals surface area contributed by atoms with Gasteiger partial charge in [-0.3, -0.25) is 0 Å². The first-order valence-electron chi connectivity index (χ1n) is 4.77. The Morgan fingerprint density at radius 2 is 2.25 bits per heavy atom. The molecule has 84 valence electrons. The monoisotopic (exact) mass is 222 g/mol. The highest BCUT2D eigenvalue weighted by atomic mass is 19.1. The van der Waals surface area contributed by atoms with Crippen LogP contribution in [-0.2, 0) is 13.7 Å². The number of tetrazole rings is 1. The summed E-state index contributed by atoms with van der Waals surface area (Å²) in [5.74, 6) is 0.365. The molecule has 16 heavy (non-hydrogen) atoms. The number of aromatic nitrogens is 4. The van der Waals surface area contributed by atoms with Gasteiger partial charge in [0.25, 0.3) is 0 Å². The molecule has 0 atom stereocenters. The SMILES string of the molecule is Cc1ccc(F)c(OCc2nnnn2C)c1. The molecule has 6 heteroatoms. The molecule has 5 nitrogen and oxygen atoms in total. The van der Waals surface area contributed by atoms with E-state index in [2.05, 4.69) is 15.5 Å². The van der Waals surface area contributed by atoms with Crippen LogP contribution < -0.4 is 4.74 Å². The van der Waals surface area contributed by atoms with Crippen molar-refractivity contribution in [1.82, 2.24) is 20.2 Å². The number of benzene rings is 1. The van der Waals surface area contributed by atoms with Crippen LogP contribution in [0.2, 0.25) is 0 Å². The first-order chi connectivity index (χ1) is 7.66. The van der Waals surface area contributed by atoms with E-state index in [0.29, 0.717) is 5.82 Å². The van der Waals surface area contributed by atoms with E-state index < -0.39 is 0 Å². The van der Waals surface area contributed by atoms with Crippen molar-refractivity contribution in [2.75, 3.05) is 0 Å². The first-order valence-corrected chi connectivity index (χ1v) is 4.77. The number of rotatable bonds is 3. The second-order valence-electron chi connectivity index (χ2n) is 3.44. The van der Waals surface area contributed by atoms with Gasteiger partial charge in [0.05, 0.1) is 0 Å². The fraction of sp³-hybridized carbons (Fsp3) is 0.300. The molecule has 1 aromatic heterocycles. The van der Waals surface area contributed by atoms with Crippen molar-refractivity contribution < 1.29 is 9.13 Å². The lowest BCUT2D eigenvalue weighted by molar-refractivity contribution is 0.275. The molecule has 1 aromatic carbocycles. The Hall–Kier alpha value is -1.98. The summed E-state index contributed by atoms with van der Waals surface area (Å²) in [6.07, 6.45) is 0. The largest absolute Gasteiger partial charge is 0.482 e. The third-order valence-electron chi connectivity index (χ3n) is 2.15. The van der Waals surface area contributed by atoms with Crippen molar-refractivity contribution in [3.63, 3.8) is 0 Å². The van der Waals surface area contributed by atoms with Crippen molar-refractivity contribution in [2.24, 2.45) is 7.05 Å². The van der Waals surface area contributed by atoms with E-state index in [1.54, 1.807) is 19.2 Å². The zero-order chi connectivity index (χ0) is 11.5. The molecule has 2 rings (SSSR count). The highest BCUT2D eigenvalue weighted by Gasteiger charge is 2.06. The van der Waals surface area contributed by atoms with Gasteiger partial charge >= 0.3 is 0 Å². The van der Waals surface area contributed by atoms with E-state index in [4.69, 9.17) is 4.74 Å². The molecule has 0 aliphatic heterocycles. The second-order valence-corrected chi connectivity index (χ2v) is 3.44. The fourth-order valence-corrected chi connectivity index (χ4v) is 1.23. The predicted molar refractivity (Wildman–Crippen MR) is 54.3 cm³/mol. The van der Waals surface area contributed by atoms with E-state index in [-0.39, 0.29) is 18.2 Å². The van der Waals surface area contributed by atoms with Gasteiger partial charge < -0.3 is 4.74 Å². The van der Waals surface area contributed by atoms with Crippen LogP contribution in [0, 0.1) is 12.7 Å². The maximum absolute atomic E-state index is 13.3. The molecule has 0 aliphatic carbocycles. The molecule has 0 spiro atoms. The van der Waals surface area contributed by atoms with Gasteiger partial charge in [0.2, 0.25) is 0 Å². The van der Waals surface area contributed by atoms with Crippen LogP contribution in [-0.4, -0.2) is 20.2 Å². The average Bonchev–Trinajstić information content (AvgIpc) is 2.66. The minimum atomic E-state index is -0.388. The molecule has 0 saturated heterocycles. The summed E-state index contributed by atoms with van der Waals surface area (Å²) < 4.78 is 20.1. The number of aryl methyl sites for hydroxylation is 2. The lowest BCUT2D eigenvalue weighted by Gasteiger charge is -2.06. The van der Waals surface area contributed by atoms with Gasteiger partial charge in [-0.15, -0.1) is 5.10 Å². The number of hydrogen-bond acceptors (Lipinski definition) is 4. The van der Waals surface area contributed by atoms with E-state index >= 15 is 0 Å². The van der Waals surface area contributed by atoms with E-state index in [0.717, 1.165) is 5.56 Å². The summed E-state index contributed by atoms with van der Waals surface area (Å²) in [5, 5.41) is 10.9. The lowest BCUT2D eigenvalue weighted by Crippen LogP contribution is -2.05. The molecular formula is C10H11FN4O. The molecule has 1 heterocycles. The molecule has 0 radical (unpaired) electrons. The third kappa shape index (κ3) is 2.16. The minimum absolute atomic E-state index is 0.143. The normalized spacial score (nSPS) is 10.4. The lowest BCUT2D eigenvalue weighted by atomic mass is 10.2. The first kappa shape index (κ1) is 10.5. The Labute approximate surface area is 91.8 Å². The van der Waals surface area contributed by atoms with E-state index in [9.17, 15) is 4.39 Å². The summed E-state index contributed by atoms with van der Waals surface area (Å²) in [6.45, 7) is 2.01. The van der Waals surface area contributed by atoms with Crippen LogP contribution in [0.5, 0.6) is 5.75 Å². The van der Waals surface area contributed by atoms with Crippen molar-refractivity contribution in [3.8, 4) is 5.75 Å². The second kappa shape index (κ2) is 4.26. The molecule has 0 bridgehead atoms. The zero-order valence-electron chi connectivity index (χ0n) is 9.01. The van der Waals surface area contributed by atoms with E-state index in [1.807, 2.05) is 6.92 Å². The standard InChI is InChI=1S/C10H11FN4O/c1-7-3-4-8(11)9(5-7)16-6-10-12-13-14-15(10)2/h3-5H,6H2,1-2H3. The number of nitrogens with zero attached hydrogens (tertiary/aromatic N) is 4. The van der Waals surface area contributed by atoms with Crippen LogP contribution in [0.4, 0.5) is 4.39 Å². The fourth-order valence-electron chi connectivity index (χ4n) is 1.23.